The molecule has 1 aromatic heterocycles. The lowest BCUT2D eigenvalue weighted by atomic mass is 10.0. The highest BCUT2D eigenvalue weighted by Crippen LogP contribution is 2.30. The summed E-state index contributed by atoms with van der Waals surface area (Å²) in [4.78, 5) is 28.8. The number of benzene rings is 1. The lowest BCUT2D eigenvalue weighted by Crippen LogP contribution is -2.40. The van der Waals surface area contributed by atoms with Crippen LogP contribution in [0.2, 0.25) is 0 Å². The molecule has 142 valence electrons. The first kappa shape index (κ1) is 18.9. The summed E-state index contributed by atoms with van der Waals surface area (Å²) in [5.41, 5.74) is 1.62. The van der Waals surface area contributed by atoms with Crippen LogP contribution in [0.3, 0.4) is 0 Å². The number of aromatic nitrogens is 1. The van der Waals surface area contributed by atoms with Crippen LogP contribution in [-0.4, -0.2) is 35.4 Å². The van der Waals surface area contributed by atoms with Crippen molar-refractivity contribution in [1.29, 1.82) is 0 Å². The number of nitrogens with one attached hydrogen (secondary N) is 1. The van der Waals surface area contributed by atoms with E-state index in [4.69, 9.17) is 9.47 Å². The zero-order valence-corrected chi connectivity index (χ0v) is 15.9. The summed E-state index contributed by atoms with van der Waals surface area (Å²) < 4.78 is 11.1. The van der Waals surface area contributed by atoms with E-state index in [2.05, 4.69) is 10.3 Å². The molecule has 6 heteroatoms. The van der Waals surface area contributed by atoms with Crippen LogP contribution < -0.4 is 14.8 Å². The molecule has 0 fully saturated rings. The SMILES string of the molecule is CC(C)(C)NC(=O)c1cc(CC(=O)Cc2ccc3c(c2)OCCO3)ccn1. The lowest BCUT2D eigenvalue weighted by molar-refractivity contribution is -0.117. The van der Waals surface area contributed by atoms with Crippen LogP contribution in [0.5, 0.6) is 11.5 Å². The Kier molecular flexibility index (Phi) is 5.44. The van der Waals surface area contributed by atoms with E-state index in [1.165, 1.54) is 0 Å². The molecule has 0 atom stereocenters. The van der Waals surface area contributed by atoms with Crippen LogP contribution in [0.15, 0.2) is 36.5 Å². The summed E-state index contributed by atoms with van der Waals surface area (Å²) in [6, 6.07) is 8.98. The van der Waals surface area contributed by atoms with Gasteiger partial charge in [0.1, 0.15) is 24.7 Å². The van der Waals surface area contributed by atoms with Crippen LogP contribution in [-0.2, 0) is 17.6 Å². The highest BCUT2D eigenvalue weighted by Gasteiger charge is 2.17. The van der Waals surface area contributed by atoms with E-state index in [0.717, 1.165) is 11.1 Å². The molecule has 27 heavy (non-hydrogen) atoms. The number of carbonyl (C=O) groups excluding carboxylic acids is 2. The molecule has 6 nitrogen and oxygen atoms in total. The molecule has 0 saturated heterocycles. The van der Waals surface area contributed by atoms with Gasteiger partial charge in [0, 0.05) is 24.6 Å². The summed E-state index contributed by atoms with van der Waals surface area (Å²) in [5.74, 6) is 1.20. The molecular formula is C21H24N2O4. The maximum Gasteiger partial charge on any atom is 0.270 e. The Bertz CT molecular complexity index is 856. The van der Waals surface area contributed by atoms with Crippen molar-refractivity contribution >= 4 is 11.7 Å². The lowest BCUT2D eigenvalue weighted by Gasteiger charge is -2.20. The van der Waals surface area contributed by atoms with Gasteiger partial charge in [-0.25, -0.2) is 0 Å². The number of fused-ring (bicyclic) bond motifs is 1. The van der Waals surface area contributed by atoms with Gasteiger partial charge in [-0.3, -0.25) is 14.6 Å². The van der Waals surface area contributed by atoms with Crippen molar-refractivity contribution < 1.29 is 19.1 Å². The van der Waals surface area contributed by atoms with Crippen molar-refractivity contribution in [2.45, 2.75) is 39.2 Å². The molecule has 1 aliphatic heterocycles. The molecular weight excluding hydrogens is 344 g/mol. The highest BCUT2D eigenvalue weighted by atomic mass is 16.6. The predicted octanol–water partition coefficient (Wildman–Crippen LogP) is 2.74. The van der Waals surface area contributed by atoms with E-state index < -0.39 is 0 Å². The van der Waals surface area contributed by atoms with Gasteiger partial charge in [-0.2, -0.15) is 0 Å². The molecule has 0 unspecified atom stereocenters. The molecule has 0 spiro atoms. The van der Waals surface area contributed by atoms with Gasteiger partial charge in [0.25, 0.3) is 5.91 Å². The topological polar surface area (TPSA) is 77.5 Å². The van der Waals surface area contributed by atoms with Crippen molar-refractivity contribution in [2.24, 2.45) is 0 Å². The summed E-state index contributed by atoms with van der Waals surface area (Å²) in [6.07, 6.45) is 2.10. The first-order chi connectivity index (χ1) is 12.8. The maximum atomic E-state index is 12.5. The third kappa shape index (κ3) is 5.29. The Morgan fingerprint density at radius 2 is 1.67 bits per heavy atom. The van der Waals surface area contributed by atoms with E-state index in [1.54, 1.807) is 18.3 Å². The third-order valence-corrected chi connectivity index (χ3v) is 3.95. The highest BCUT2D eigenvalue weighted by molar-refractivity contribution is 5.93. The van der Waals surface area contributed by atoms with Gasteiger partial charge in [-0.05, 0) is 56.2 Å². The molecule has 1 N–H and O–H groups in total. The summed E-state index contributed by atoms with van der Waals surface area (Å²) in [5, 5.41) is 2.87. The van der Waals surface area contributed by atoms with Gasteiger partial charge >= 0.3 is 0 Å². The van der Waals surface area contributed by atoms with Crippen molar-refractivity contribution in [3.8, 4) is 11.5 Å². The summed E-state index contributed by atoms with van der Waals surface area (Å²) >= 11 is 0. The number of amides is 1. The number of rotatable bonds is 5. The summed E-state index contributed by atoms with van der Waals surface area (Å²) in [7, 11) is 0. The molecule has 2 aromatic rings. The minimum absolute atomic E-state index is 0.0556. The third-order valence-electron chi connectivity index (χ3n) is 3.95. The zero-order chi connectivity index (χ0) is 19.4. The Balaban J connectivity index is 1.64. The number of Topliss-reactive ketones (excluding diaryl/α,β-unsaturated/α-hetero) is 1. The van der Waals surface area contributed by atoms with E-state index >= 15 is 0 Å². The van der Waals surface area contributed by atoms with Gasteiger partial charge in [-0.15, -0.1) is 0 Å². The number of nitrogens with zero attached hydrogens (tertiary/aromatic N) is 1. The fraction of sp³-hybridized carbons (Fsp3) is 0.381. The fourth-order valence-electron chi connectivity index (χ4n) is 2.83. The van der Waals surface area contributed by atoms with Crippen LogP contribution in [0.4, 0.5) is 0 Å². The molecule has 3 rings (SSSR count). The standard InChI is InChI=1S/C21H24N2O4/c1-21(2,3)23-20(25)17-12-15(6-7-22-17)11-16(24)10-14-4-5-18-19(13-14)27-9-8-26-18/h4-7,12-13H,8-11H2,1-3H3,(H,23,25). The molecule has 2 heterocycles. The predicted molar refractivity (Wildman–Crippen MR) is 101 cm³/mol. The maximum absolute atomic E-state index is 12.5. The van der Waals surface area contributed by atoms with Crippen molar-refractivity contribution in [2.75, 3.05) is 13.2 Å². The van der Waals surface area contributed by atoms with Crippen molar-refractivity contribution in [3.63, 3.8) is 0 Å². The quantitative estimate of drug-likeness (QED) is 0.878. The van der Waals surface area contributed by atoms with Gasteiger partial charge in [0.15, 0.2) is 11.5 Å². The second-order valence-electron chi connectivity index (χ2n) is 7.62. The first-order valence-electron chi connectivity index (χ1n) is 8.98. The van der Waals surface area contributed by atoms with Gasteiger partial charge < -0.3 is 14.8 Å². The van der Waals surface area contributed by atoms with Crippen LogP contribution in [0.1, 0.15) is 42.4 Å². The molecule has 1 aromatic carbocycles. The van der Waals surface area contributed by atoms with Gasteiger partial charge in [-0.1, -0.05) is 6.07 Å². The first-order valence-corrected chi connectivity index (χ1v) is 8.98. The van der Waals surface area contributed by atoms with E-state index in [-0.39, 0.29) is 23.7 Å². The molecule has 0 radical (unpaired) electrons. The Morgan fingerprint density at radius 3 is 2.37 bits per heavy atom. The second kappa shape index (κ2) is 7.78. The van der Waals surface area contributed by atoms with Crippen molar-refractivity contribution in [1.82, 2.24) is 10.3 Å². The fourth-order valence-corrected chi connectivity index (χ4v) is 2.83. The Labute approximate surface area is 158 Å². The van der Waals surface area contributed by atoms with E-state index in [9.17, 15) is 9.59 Å². The molecule has 1 aliphatic rings. The van der Waals surface area contributed by atoms with Crippen LogP contribution in [0, 0.1) is 0 Å². The minimum Gasteiger partial charge on any atom is -0.486 e. The summed E-state index contributed by atoms with van der Waals surface area (Å²) in [6.45, 7) is 6.78. The average Bonchev–Trinajstić information content (AvgIpc) is 2.60. The Morgan fingerprint density at radius 1 is 1.00 bits per heavy atom. The largest absolute Gasteiger partial charge is 0.486 e. The number of ether oxygens (including phenoxy) is 2. The molecule has 0 saturated carbocycles. The van der Waals surface area contributed by atoms with Crippen molar-refractivity contribution in [3.05, 3.63) is 53.3 Å². The average molecular weight is 368 g/mol. The Hall–Kier alpha value is -2.89. The van der Waals surface area contributed by atoms with E-state index in [1.807, 2.05) is 39.0 Å². The minimum atomic E-state index is -0.344. The number of hydrogen-bond acceptors (Lipinski definition) is 5. The van der Waals surface area contributed by atoms with Crippen LogP contribution >= 0.6 is 0 Å². The zero-order valence-electron chi connectivity index (χ0n) is 15.9. The second-order valence-corrected chi connectivity index (χ2v) is 7.62. The number of carbonyl (C=O) groups is 2. The number of pyridine rings is 1. The molecule has 0 bridgehead atoms. The van der Waals surface area contributed by atoms with Gasteiger partial charge in [0.05, 0.1) is 0 Å². The number of ketones is 1. The normalized spacial score (nSPS) is 13.1. The van der Waals surface area contributed by atoms with E-state index in [0.29, 0.717) is 36.8 Å². The molecule has 1 amide bonds. The smallest absolute Gasteiger partial charge is 0.270 e. The molecule has 0 aliphatic carbocycles. The van der Waals surface area contributed by atoms with Crippen LogP contribution in [0.25, 0.3) is 0 Å². The van der Waals surface area contributed by atoms with Gasteiger partial charge in [0.2, 0.25) is 0 Å². The monoisotopic (exact) mass is 368 g/mol. The number of hydrogen-bond donors (Lipinski definition) is 1.